The van der Waals surface area contributed by atoms with Crippen molar-refractivity contribution in [1.29, 1.82) is 0 Å². The SMILES string of the molecule is CCNC(=NCc1nc(C)c(C)o1)NCC(C)(C)c1ccc(OC)cc1. The van der Waals surface area contributed by atoms with Crippen molar-refractivity contribution in [2.24, 2.45) is 4.99 Å². The summed E-state index contributed by atoms with van der Waals surface area (Å²) in [5, 5.41) is 6.68. The molecule has 0 saturated carbocycles. The highest BCUT2D eigenvalue weighted by molar-refractivity contribution is 5.79. The number of nitrogens with zero attached hydrogens (tertiary/aromatic N) is 2. The molecule has 0 radical (unpaired) electrons. The summed E-state index contributed by atoms with van der Waals surface area (Å²) in [4.78, 5) is 8.95. The number of hydrogen-bond acceptors (Lipinski definition) is 4. The third-order valence-electron chi connectivity index (χ3n) is 4.36. The topological polar surface area (TPSA) is 71.7 Å². The molecule has 0 fully saturated rings. The third kappa shape index (κ3) is 5.25. The van der Waals surface area contributed by atoms with Crippen molar-refractivity contribution >= 4 is 5.96 Å². The molecule has 0 aliphatic carbocycles. The molecule has 26 heavy (non-hydrogen) atoms. The summed E-state index contributed by atoms with van der Waals surface area (Å²) < 4.78 is 10.8. The minimum absolute atomic E-state index is 0.0570. The van der Waals surface area contributed by atoms with E-state index in [0.717, 1.165) is 36.3 Å². The first kappa shape index (κ1) is 19.8. The Labute approximate surface area is 156 Å². The van der Waals surface area contributed by atoms with Gasteiger partial charge in [0, 0.05) is 18.5 Å². The van der Waals surface area contributed by atoms with Gasteiger partial charge < -0.3 is 19.8 Å². The van der Waals surface area contributed by atoms with Crippen LogP contribution >= 0.6 is 0 Å². The van der Waals surface area contributed by atoms with E-state index in [4.69, 9.17) is 9.15 Å². The van der Waals surface area contributed by atoms with Gasteiger partial charge in [-0.05, 0) is 38.5 Å². The largest absolute Gasteiger partial charge is 0.497 e. The smallest absolute Gasteiger partial charge is 0.216 e. The maximum atomic E-state index is 5.59. The molecule has 0 saturated heterocycles. The van der Waals surface area contributed by atoms with Gasteiger partial charge in [-0.1, -0.05) is 26.0 Å². The minimum atomic E-state index is -0.0570. The highest BCUT2D eigenvalue weighted by atomic mass is 16.5. The van der Waals surface area contributed by atoms with E-state index in [1.165, 1.54) is 5.56 Å². The lowest BCUT2D eigenvalue weighted by Gasteiger charge is -2.27. The lowest BCUT2D eigenvalue weighted by atomic mass is 9.84. The Morgan fingerprint density at radius 3 is 2.42 bits per heavy atom. The minimum Gasteiger partial charge on any atom is -0.497 e. The van der Waals surface area contributed by atoms with Crippen LogP contribution in [-0.4, -0.2) is 31.1 Å². The Morgan fingerprint density at radius 1 is 1.19 bits per heavy atom. The van der Waals surface area contributed by atoms with E-state index in [9.17, 15) is 0 Å². The molecule has 6 nitrogen and oxygen atoms in total. The van der Waals surface area contributed by atoms with Crippen molar-refractivity contribution in [3.8, 4) is 5.75 Å². The molecular formula is C20H30N4O2. The lowest BCUT2D eigenvalue weighted by molar-refractivity contribution is 0.414. The molecule has 0 unspecified atom stereocenters. The zero-order valence-electron chi connectivity index (χ0n) is 16.6. The summed E-state index contributed by atoms with van der Waals surface area (Å²) in [6.45, 7) is 12.2. The van der Waals surface area contributed by atoms with E-state index < -0.39 is 0 Å². The highest BCUT2D eigenvalue weighted by Gasteiger charge is 2.21. The molecule has 0 spiro atoms. The number of rotatable bonds is 7. The molecule has 6 heteroatoms. The van der Waals surface area contributed by atoms with Gasteiger partial charge >= 0.3 is 0 Å². The monoisotopic (exact) mass is 358 g/mol. The molecule has 1 aromatic heterocycles. The fourth-order valence-electron chi connectivity index (χ4n) is 2.54. The van der Waals surface area contributed by atoms with Crippen LogP contribution in [0.1, 0.15) is 43.7 Å². The van der Waals surface area contributed by atoms with Crippen molar-refractivity contribution in [2.45, 2.75) is 46.6 Å². The normalized spacial score (nSPS) is 12.2. The fraction of sp³-hybridized carbons (Fsp3) is 0.500. The molecule has 0 amide bonds. The van der Waals surface area contributed by atoms with Crippen LogP contribution in [-0.2, 0) is 12.0 Å². The first-order valence-corrected chi connectivity index (χ1v) is 8.95. The summed E-state index contributed by atoms with van der Waals surface area (Å²) in [5.74, 6) is 3.09. The number of aromatic nitrogens is 1. The second-order valence-corrected chi connectivity index (χ2v) is 6.91. The van der Waals surface area contributed by atoms with Crippen LogP contribution in [0, 0.1) is 13.8 Å². The van der Waals surface area contributed by atoms with Crippen LogP contribution in [0.15, 0.2) is 33.7 Å². The molecule has 1 heterocycles. The summed E-state index contributed by atoms with van der Waals surface area (Å²) in [6.07, 6.45) is 0. The third-order valence-corrected chi connectivity index (χ3v) is 4.36. The van der Waals surface area contributed by atoms with Crippen LogP contribution in [0.25, 0.3) is 0 Å². The Kier molecular flexibility index (Phi) is 6.66. The van der Waals surface area contributed by atoms with Crippen molar-refractivity contribution in [1.82, 2.24) is 15.6 Å². The van der Waals surface area contributed by atoms with Gasteiger partial charge in [0.15, 0.2) is 5.96 Å². The molecule has 1 aromatic carbocycles. The van der Waals surface area contributed by atoms with Gasteiger partial charge in [-0.25, -0.2) is 9.98 Å². The van der Waals surface area contributed by atoms with Crippen molar-refractivity contribution < 1.29 is 9.15 Å². The van der Waals surface area contributed by atoms with Gasteiger partial charge in [-0.15, -0.1) is 0 Å². The predicted molar refractivity (Wildman–Crippen MR) is 105 cm³/mol. The van der Waals surface area contributed by atoms with Crippen molar-refractivity contribution in [3.63, 3.8) is 0 Å². The maximum Gasteiger partial charge on any atom is 0.216 e. The second-order valence-electron chi connectivity index (χ2n) is 6.91. The van der Waals surface area contributed by atoms with Crippen LogP contribution in [0.5, 0.6) is 5.75 Å². The molecule has 0 aliphatic rings. The van der Waals surface area contributed by atoms with Gasteiger partial charge in [0.2, 0.25) is 5.89 Å². The molecule has 2 aromatic rings. The van der Waals surface area contributed by atoms with E-state index in [0.29, 0.717) is 12.4 Å². The van der Waals surface area contributed by atoms with Crippen LogP contribution in [0.4, 0.5) is 0 Å². The number of benzene rings is 1. The second kappa shape index (κ2) is 8.74. The van der Waals surface area contributed by atoms with Gasteiger partial charge in [0.05, 0.1) is 12.8 Å². The number of guanidine groups is 1. The quantitative estimate of drug-likeness (QED) is 0.587. The Morgan fingerprint density at radius 2 is 1.88 bits per heavy atom. The number of aliphatic imine (C=N–C) groups is 1. The van der Waals surface area contributed by atoms with Crippen LogP contribution < -0.4 is 15.4 Å². The number of nitrogens with one attached hydrogen (secondary N) is 2. The first-order chi connectivity index (χ1) is 12.4. The van der Waals surface area contributed by atoms with E-state index >= 15 is 0 Å². The fourth-order valence-corrected chi connectivity index (χ4v) is 2.54. The summed E-state index contributed by atoms with van der Waals surface area (Å²) in [6, 6.07) is 8.18. The average molecular weight is 358 g/mol. The number of methoxy groups -OCH3 is 1. The molecule has 2 rings (SSSR count). The average Bonchev–Trinajstić information content (AvgIpc) is 2.95. The molecule has 0 bridgehead atoms. The molecule has 142 valence electrons. The van der Waals surface area contributed by atoms with E-state index in [-0.39, 0.29) is 5.41 Å². The zero-order valence-corrected chi connectivity index (χ0v) is 16.6. The first-order valence-electron chi connectivity index (χ1n) is 8.95. The van der Waals surface area contributed by atoms with E-state index in [1.54, 1.807) is 7.11 Å². The molecule has 2 N–H and O–H groups in total. The van der Waals surface area contributed by atoms with Crippen molar-refractivity contribution in [3.05, 3.63) is 47.2 Å². The van der Waals surface area contributed by atoms with Crippen LogP contribution in [0.3, 0.4) is 0 Å². The number of hydrogen-bond donors (Lipinski definition) is 2. The van der Waals surface area contributed by atoms with Crippen molar-refractivity contribution in [2.75, 3.05) is 20.2 Å². The lowest BCUT2D eigenvalue weighted by Crippen LogP contribution is -2.43. The zero-order chi connectivity index (χ0) is 19.2. The Hall–Kier alpha value is -2.50. The maximum absolute atomic E-state index is 5.59. The Balaban J connectivity index is 2.02. The number of oxazole rings is 1. The highest BCUT2D eigenvalue weighted by Crippen LogP contribution is 2.24. The van der Waals surface area contributed by atoms with Gasteiger partial charge in [0.25, 0.3) is 0 Å². The molecule has 0 atom stereocenters. The summed E-state index contributed by atoms with van der Waals surface area (Å²) in [5.41, 5.74) is 2.09. The molecular weight excluding hydrogens is 328 g/mol. The number of ether oxygens (including phenoxy) is 1. The van der Waals surface area contributed by atoms with Crippen LogP contribution in [0.2, 0.25) is 0 Å². The standard InChI is InChI=1S/C20H30N4O2/c1-7-21-19(22-12-18-24-14(2)15(3)26-18)23-13-20(4,5)16-8-10-17(25-6)11-9-16/h8-11H,7,12-13H2,1-6H3,(H2,21,22,23). The van der Waals surface area contributed by atoms with E-state index in [1.807, 2.05) is 32.9 Å². The summed E-state index contributed by atoms with van der Waals surface area (Å²) in [7, 11) is 1.68. The van der Waals surface area contributed by atoms with E-state index in [2.05, 4.69) is 46.6 Å². The van der Waals surface area contributed by atoms with Gasteiger partial charge in [-0.3, -0.25) is 0 Å². The predicted octanol–water partition coefficient (Wildman–Crippen LogP) is 3.33. The van der Waals surface area contributed by atoms with Gasteiger partial charge in [0.1, 0.15) is 18.1 Å². The molecule has 0 aliphatic heterocycles. The summed E-state index contributed by atoms with van der Waals surface area (Å²) >= 11 is 0. The Bertz CT molecular complexity index is 713. The van der Waals surface area contributed by atoms with Gasteiger partial charge in [-0.2, -0.15) is 0 Å². The number of aryl methyl sites for hydroxylation is 2.